The SMILES string of the molecule is COc1ccc(Cc2ccc(OCCCCCC[Si](C)(O)O)cc2)cc1. The van der Waals surface area contributed by atoms with Crippen molar-refractivity contribution in [3.8, 4) is 11.5 Å². The molecule has 2 N–H and O–H groups in total. The molecule has 5 heteroatoms. The summed E-state index contributed by atoms with van der Waals surface area (Å²) in [5.74, 6) is 1.77. The molecule has 4 nitrogen and oxygen atoms in total. The van der Waals surface area contributed by atoms with Crippen molar-refractivity contribution in [1.82, 2.24) is 0 Å². The average Bonchev–Trinajstić information content (AvgIpc) is 2.62. The predicted molar refractivity (Wildman–Crippen MR) is 107 cm³/mol. The van der Waals surface area contributed by atoms with Crippen LogP contribution >= 0.6 is 0 Å². The first kappa shape index (κ1) is 20.5. The molecule has 0 saturated heterocycles. The Morgan fingerprint density at radius 3 is 1.85 bits per heavy atom. The summed E-state index contributed by atoms with van der Waals surface area (Å²) in [4.78, 5) is 18.7. The maximum absolute atomic E-state index is 9.37. The van der Waals surface area contributed by atoms with Crippen molar-refractivity contribution in [3.63, 3.8) is 0 Å². The number of rotatable bonds is 11. The second kappa shape index (κ2) is 10.4. The smallest absolute Gasteiger partial charge is 0.329 e. The van der Waals surface area contributed by atoms with Crippen LogP contribution in [0.1, 0.15) is 36.8 Å². The number of benzene rings is 2. The fourth-order valence-electron chi connectivity index (χ4n) is 2.79. The van der Waals surface area contributed by atoms with Crippen LogP contribution in [0.2, 0.25) is 12.6 Å². The molecule has 0 fully saturated rings. The molecule has 0 aromatic heterocycles. The fraction of sp³-hybridized carbons (Fsp3) is 0.429. The lowest BCUT2D eigenvalue weighted by Crippen LogP contribution is -2.29. The Balaban J connectivity index is 1.65. The lowest BCUT2D eigenvalue weighted by atomic mass is 10.0. The van der Waals surface area contributed by atoms with Crippen molar-refractivity contribution in [2.24, 2.45) is 0 Å². The van der Waals surface area contributed by atoms with Gasteiger partial charge in [-0.15, -0.1) is 0 Å². The number of ether oxygens (including phenoxy) is 2. The van der Waals surface area contributed by atoms with Gasteiger partial charge in [0.15, 0.2) is 0 Å². The van der Waals surface area contributed by atoms with Gasteiger partial charge in [-0.25, -0.2) is 0 Å². The summed E-state index contributed by atoms with van der Waals surface area (Å²) in [5.41, 5.74) is 2.51. The number of hydrogen-bond donors (Lipinski definition) is 2. The monoisotopic (exact) mass is 374 g/mol. The van der Waals surface area contributed by atoms with Crippen molar-refractivity contribution in [1.29, 1.82) is 0 Å². The summed E-state index contributed by atoms with van der Waals surface area (Å²) in [6.07, 6.45) is 4.84. The van der Waals surface area contributed by atoms with E-state index >= 15 is 0 Å². The molecule has 0 unspecified atom stereocenters. The van der Waals surface area contributed by atoms with Gasteiger partial charge in [0.1, 0.15) is 11.5 Å². The Labute approximate surface area is 157 Å². The highest BCUT2D eigenvalue weighted by Gasteiger charge is 2.19. The Bertz CT molecular complexity index is 633. The van der Waals surface area contributed by atoms with E-state index in [0.717, 1.165) is 43.6 Å². The molecule has 2 aromatic carbocycles. The maximum atomic E-state index is 9.37. The van der Waals surface area contributed by atoms with E-state index in [9.17, 15) is 9.59 Å². The summed E-state index contributed by atoms with van der Waals surface area (Å²) in [7, 11) is -1.18. The number of methoxy groups -OCH3 is 1. The molecular formula is C21H30O4Si. The van der Waals surface area contributed by atoms with Crippen molar-refractivity contribution in [3.05, 3.63) is 59.7 Å². The highest BCUT2D eigenvalue weighted by molar-refractivity contribution is 6.63. The quantitative estimate of drug-likeness (QED) is 0.455. The van der Waals surface area contributed by atoms with Gasteiger partial charge in [-0.2, -0.15) is 0 Å². The molecular weight excluding hydrogens is 344 g/mol. The van der Waals surface area contributed by atoms with Crippen LogP contribution in [0.15, 0.2) is 48.5 Å². The summed E-state index contributed by atoms with van der Waals surface area (Å²) >= 11 is 0. The minimum absolute atomic E-state index is 0.559. The van der Waals surface area contributed by atoms with E-state index in [1.165, 1.54) is 11.1 Å². The second-order valence-corrected chi connectivity index (χ2v) is 9.83. The highest BCUT2D eigenvalue weighted by atomic mass is 28.4. The normalized spacial score (nSPS) is 11.4. The molecule has 0 atom stereocenters. The third-order valence-corrected chi connectivity index (χ3v) is 5.60. The van der Waals surface area contributed by atoms with Crippen LogP contribution in [0.3, 0.4) is 0 Å². The minimum atomic E-state index is -2.85. The zero-order valence-electron chi connectivity index (χ0n) is 15.8. The van der Waals surface area contributed by atoms with Crippen LogP contribution in [0.5, 0.6) is 11.5 Å². The van der Waals surface area contributed by atoms with E-state index in [0.29, 0.717) is 12.7 Å². The van der Waals surface area contributed by atoms with Gasteiger partial charge in [-0.05, 0) is 60.8 Å². The number of unbranched alkanes of at least 4 members (excludes halogenated alkanes) is 3. The van der Waals surface area contributed by atoms with Crippen molar-refractivity contribution < 1.29 is 19.1 Å². The average molecular weight is 375 g/mol. The van der Waals surface area contributed by atoms with Gasteiger partial charge >= 0.3 is 8.56 Å². The van der Waals surface area contributed by atoms with Gasteiger partial charge in [-0.1, -0.05) is 43.5 Å². The first-order valence-corrected chi connectivity index (χ1v) is 11.9. The molecule has 0 spiro atoms. The van der Waals surface area contributed by atoms with Crippen LogP contribution < -0.4 is 9.47 Å². The Morgan fingerprint density at radius 1 is 0.769 bits per heavy atom. The zero-order chi connectivity index (χ0) is 18.8. The van der Waals surface area contributed by atoms with Crippen LogP contribution in [-0.2, 0) is 6.42 Å². The lowest BCUT2D eigenvalue weighted by Gasteiger charge is -2.11. The van der Waals surface area contributed by atoms with Crippen LogP contribution in [0.4, 0.5) is 0 Å². The van der Waals surface area contributed by atoms with Gasteiger partial charge in [0, 0.05) is 0 Å². The van der Waals surface area contributed by atoms with Gasteiger partial charge in [-0.3, -0.25) is 0 Å². The Kier molecular flexibility index (Phi) is 8.16. The zero-order valence-corrected chi connectivity index (χ0v) is 16.8. The van der Waals surface area contributed by atoms with Gasteiger partial charge in [0.25, 0.3) is 0 Å². The summed E-state index contributed by atoms with van der Waals surface area (Å²) in [6.45, 7) is 2.26. The molecule has 0 radical (unpaired) electrons. The molecule has 0 aliphatic carbocycles. The van der Waals surface area contributed by atoms with Crippen LogP contribution in [0, 0.1) is 0 Å². The molecule has 2 rings (SSSR count). The summed E-state index contributed by atoms with van der Waals surface area (Å²) < 4.78 is 11.0. The predicted octanol–water partition coefficient (Wildman–Crippen LogP) is 4.28. The highest BCUT2D eigenvalue weighted by Crippen LogP contribution is 2.18. The van der Waals surface area contributed by atoms with Crippen molar-refractivity contribution in [2.75, 3.05) is 13.7 Å². The van der Waals surface area contributed by atoms with Gasteiger partial charge in [0.05, 0.1) is 13.7 Å². The summed E-state index contributed by atoms with van der Waals surface area (Å²) in [6, 6.07) is 16.9. The molecule has 0 bridgehead atoms. The molecule has 142 valence electrons. The first-order valence-electron chi connectivity index (χ1n) is 9.26. The first-order chi connectivity index (χ1) is 12.5. The van der Waals surface area contributed by atoms with Gasteiger partial charge in [0.2, 0.25) is 0 Å². The molecule has 0 aliphatic rings. The van der Waals surface area contributed by atoms with E-state index in [1.54, 1.807) is 13.7 Å². The molecule has 2 aromatic rings. The van der Waals surface area contributed by atoms with E-state index < -0.39 is 8.56 Å². The summed E-state index contributed by atoms with van der Waals surface area (Å²) in [5, 5.41) is 0. The second-order valence-electron chi connectivity index (χ2n) is 6.90. The molecule has 26 heavy (non-hydrogen) atoms. The van der Waals surface area contributed by atoms with Crippen molar-refractivity contribution in [2.45, 2.75) is 44.7 Å². The molecule has 0 saturated carbocycles. The maximum Gasteiger partial charge on any atom is 0.329 e. The molecule has 0 heterocycles. The molecule has 0 aliphatic heterocycles. The fourth-order valence-corrected chi connectivity index (χ4v) is 3.71. The third kappa shape index (κ3) is 8.04. The van der Waals surface area contributed by atoms with Crippen molar-refractivity contribution >= 4 is 8.56 Å². The van der Waals surface area contributed by atoms with E-state index in [-0.39, 0.29) is 0 Å². The van der Waals surface area contributed by atoms with E-state index in [2.05, 4.69) is 24.3 Å². The minimum Gasteiger partial charge on any atom is -0.497 e. The van der Waals surface area contributed by atoms with E-state index in [4.69, 9.17) is 9.47 Å². The van der Waals surface area contributed by atoms with E-state index in [1.807, 2.05) is 24.3 Å². The Hall–Kier alpha value is -1.82. The standard InChI is InChI=1S/C21H30O4Si/c1-24-20-11-7-18(8-12-20)17-19-9-13-21(14-10-19)25-15-5-3-4-6-16-26(2,22)23/h7-14,22-23H,3-6,15-17H2,1-2H3. The molecule has 0 amide bonds. The third-order valence-electron chi connectivity index (χ3n) is 4.30. The van der Waals surface area contributed by atoms with Crippen LogP contribution in [-0.4, -0.2) is 31.9 Å². The largest absolute Gasteiger partial charge is 0.497 e. The topological polar surface area (TPSA) is 58.9 Å². The number of hydrogen-bond acceptors (Lipinski definition) is 4. The Morgan fingerprint density at radius 2 is 1.31 bits per heavy atom. The van der Waals surface area contributed by atoms with Gasteiger partial charge < -0.3 is 19.1 Å². The lowest BCUT2D eigenvalue weighted by molar-refractivity contribution is 0.304. The van der Waals surface area contributed by atoms with Crippen LogP contribution in [0.25, 0.3) is 0 Å².